The van der Waals surface area contributed by atoms with Gasteiger partial charge in [-0.05, 0) is 28.2 Å². The number of rotatable bonds is 4. The van der Waals surface area contributed by atoms with Crippen LogP contribution in [-0.4, -0.2) is 22.4 Å². The van der Waals surface area contributed by atoms with Crippen LogP contribution in [-0.2, 0) is 16.5 Å². The normalized spacial score (nSPS) is 11.4. The van der Waals surface area contributed by atoms with Crippen molar-refractivity contribution in [3.63, 3.8) is 0 Å². The molecule has 18 heavy (non-hydrogen) atoms. The van der Waals surface area contributed by atoms with E-state index < -0.39 is 24.5 Å². The zero-order valence-corrected chi connectivity index (χ0v) is 12.3. The Morgan fingerprint density at radius 2 is 2.17 bits per heavy atom. The number of aromatic nitrogens is 1. The summed E-state index contributed by atoms with van der Waals surface area (Å²) < 4.78 is 40.6. The van der Waals surface area contributed by atoms with E-state index in [1.807, 2.05) is 0 Å². The van der Waals surface area contributed by atoms with E-state index in [1.54, 1.807) is 22.6 Å². The molecule has 0 saturated carbocycles. The number of carboxylic acids is 1. The summed E-state index contributed by atoms with van der Waals surface area (Å²) in [5.41, 5.74) is 0.313. The number of hydrogen-bond acceptors (Lipinski definition) is 3. The molecule has 1 aromatic heterocycles. The Hall–Kier alpha value is -0.580. The minimum Gasteiger partial charge on any atom is -0.481 e. The van der Waals surface area contributed by atoms with Gasteiger partial charge in [-0.25, -0.2) is 4.98 Å². The first-order valence-electron chi connectivity index (χ1n) is 4.44. The van der Waals surface area contributed by atoms with E-state index in [1.165, 1.54) is 6.20 Å². The Bertz CT molecular complexity index is 467. The maximum atomic E-state index is 12.3. The highest BCUT2D eigenvalue weighted by Crippen LogP contribution is 2.33. The first kappa shape index (κ1) is 15.5. The standard InChI is InChI=1S/C9H6BrF3INO3/c10-2-4-3-15-8(14)7(18-9(11,12)13)5(4)1-6(16)17/h3H,1-2H2,(H,16,17). The molecule has 0 aliphatic carbocycles. The minimum atomic E-state index is -4.89. The van der Waals surface area contributed by atoms with E-state index in [2.05, 4.69) is 25.7 Å². The average Bonchev–Trinajstić information content (AvgIpc) is 2.21. The van der Waals surface area contributed by atoms with E-state index in [4.69, 9.17) is 5.11 Å². The van der Waals surface area contributed by atoms with Gasteiger partial charge in [0.25, 0.3) is 0 Å². The average molecular weight is 440 g/mol. The molecule has 0 aliphatic rings. The molecule has 1 N–H and O–H groups in total. The minimum absolute atomic E-state index is 0.0314. The summed E-state index contributed by atoms with van der Waals surface area (Å²) in [5.74, 6) is -1.80. The molecule has 0 amide bonds. The maximum Gasteiger partial charge on any atom is 0.573 e. The molecule has 0 unspecified atom stereocenters. The SMILES string of the molecule is O=C(O)Cc1c(CBr)cnc(I)c1OC(F)(F)F. The smallest absolute Gasteiger partial charge is 0.481 e. The van der Waals surface area contributed by atoms with Gasteiger partial charge >= 0.3 is 12.3 Å². The van der Waals surface area contributed by atoms with Crippen molar-refractivity contribution < 1.29 is 27.8 Å². The number of pyridine rings is 1. The van der Waals surface area contributed by atoms with Crippen molar-refractivity contribution in [1.29, 1.82) is 0 Å². The molecular weight excluding hydrogens is 434 g/mol. The number of halogens is 5. The van der Waals surface area contributed by atoms with Gasteiger partial charge in [0, 0.05) is 17.1 Å². The summed E-state index contributed by atoms with van der Waals surface area (Å²) in [6.45, 7) is 0. The van der Waals surface area contributed by atoms with Gasteiger partial charge in [0.15, 0.2) is 5.75 Å². The Kier molecular flexibility index (Phi) is 5.20. The van der Waals surface area contributed by atoms with Gasteiger partial charge in [-0.3, -0.25) is 4.79 Å². The van der Waals surface area contributed by atoms with Crippen LogP contribution in [0.3, 0.4) is 0 Å². The summed E-state index contributed by atoms with van der Waals surface area (Å²) in [6.07, 6.45) is -4.14. The van der Waals surface area contributed by atoms with E-state index in [0.29, 0.717) is 5.56 Å². The third kappa shape index (κ3) is 4.26. The van der Waals surface area contributed by atoms with Gasteiger partial charge in [-0.2, -0.15) is 0 Å². The monoisotopic (exact) mass is 439 g/mol. The van der Waals surface area contributed by atoms with Gasteiger partial charge in [-0.15, -0.1) is 13.2 Å². The molecular formula is C9H6BrF3INO3. The number of carboxylic acid groups (broad SMARTS) is 1. The molecule has 0 radical (unpaired) electrons. The van der Waals surface area contributed by atoms with Gasteiger partial charge < -0.3 is 9.84 Å². The highest BCUT2D eigenvalue weighted by atomic mass is 127. The molecule has 0 aliphatic heterocycles. The number of ether oxygens (including phenoxy) is 1. The van der Waals surface area contributed by atoms with Crippen molar-refractivity contribution in [2.75, 3.05) is 0 Å². The van der Waals surface area contributed by atoms with Crippen molar-refractivity contribution >= 4 is 44.5 Å². The summed E-state index contributed by atoms with van der Waals surface area (Å²) >= 11 is 4.63. The zero-order chi connectivity index (χ0) is 13.9. The van der Waals surface area contributed by atoms with Crippen molar-refractivity contribution in [3.8, 4) is 5.75 Å². The van der Waals surface area contributed by atoms with Crippen LogP contribution < -0.4 is 4.74 Å². The number of nitrogens with zero attached hydrogens (tertiary/aromatic N) is 1. The summed E-state index contributed by atoms with van der Waals surface area (Å²) in [6, 6.07) is 0. The molecule has 0 saturated heterocycles. The van der Waals surface area contributed by atoms with Crippen molar-refractivity contribution in [2.45, 2.75) is 18.1 Å². The lowest BCUT2D eigenvalue weighted by Gasteiger charge is -2.15. The molecule has 4 nitrogen and oxygen atoms in total. The van der Waals surface area contributed by atoms with Crippen LogP contribution in [0, 0.1) is 3.70 Å². The second-order valence-corrected chi connectivity index (χ2v) is 4.72. The first-order chi connectivity index (χ1) is 8.24. The van der Waals surface area contributed by atoms with Crippen LogP contribution >= 0.6 is 38.5 Å². The summed E-state index contributed by atoms with van der Waals surface area (Å²) in [7, 11) is 0. The Balaban J connectivity index is 3.31. The molecule has 0 bridgehead atoms. The van der Waals surface area contributed by atoms with Gasteiger partial charge in [0.2, 0.25) is 0 Å². The number of alkyl halides is 4. The Labute approximate surface area is 122 Å². The summed E-state index contributed by atoms with van der Waals surface area (Å²) in [4.78, 5) is 14.4. The van der Waals surface area contributed by atoms with Crippen LogP contribution in [0.1, 0.15) is 11.1 Å². The molecule has 1 aromatic rings. The second kappa shape index (κ2) is 6.04. The highest BCUT2D eigenvalue weighted by molar-refractivity contribution is 14.1. The first-order valence-corrected chi connectivity index (χ1v) is 6.64. The molecule has 1 heterocycles. The largest absolute Gasteiger partial charge is 0.573 e. The van der Waals surface area contributed by atoms with Crippen LogP contribution in [0.5, 0.6) is 5.75 Å². The lowest BCUT2D eigenvalue weighted by Crippen LogP contribution is -2.20. The highest BCUT2D eigenvalue weighted by Gasteiger charge is 2.34. The fourth-order valence-corrected chi connectivity index (χ4v) is 2.28. The lowest BCUT2D eigenvalue weighted by atomic mass is 10.1. The maximum absolute atomic E-state index is 12.3. The van der Waals surface area contributed by atoms with E-state index in [9.17, 15) is 18.0 Å². The third-order valence-electron chi connectivity index (χ3n) is 1.87. The number of aliphatic carboxylic acids is 1. The quantitative estimate of drug-likeness (QED) is 0.445. The van der Waals surface area contributed by atoms with Gasteiger partial charge in [-0.1, -0.05) is 15.9 Å². The van der Waals surface area contributed by atoms with Crippen LogP contribution in [0.25, 0.3) is 0 Å². The molecule has 0 fully saturated rings. The molecule has 1 rings (SSSR count). The van der Waals surface area contributed by atoms with Crippen LogP contribution in [0.15, 0.2) is 6.20 Å². The molecule has 0 atom stereocenters. The Morgan fingerprint density at radius 1 is 1.56 bits per heavy atom. The number of hydrogen-bond donors (Lipinski definition) is 1. The lowest BCUT2D eigenvalue weighted by molar-refractivity contribution is -0.275. The molecule has 0 spiro atoms. The van der Waals surface area contributed by atoms with E-state index in [-0.39, 0.29) is 14.6 Å². The van der Waals surface area contributed by atoms with E-state index in [0.717, 1.165) is 0 Å². The predicted molar refractivity (Wildman–Crippen MR) is 67.6 cm³/mol. The third-order valence-corrected chi connectivity index (χ3v) is 3.25. The predicted octanol–water partition coefficient (Wildman–Crippen LogP) is 3.11. The Morgan fingerprint density at radius 3 is 2.61 bits per heavy atom. The van der Waals surface area contributed by atoms with Crippen molar-refractivity contribution in [2.24, 2.45) is 0 Å². The fourth-order valence-electron chi connectivity index (χ4n) is 1.22. The van der Waals surface area contributed by atoms with Crippen LogP contribution in [0.4, 0.5) is 13.2 Å². The van der Waals surface area contributed by atoms with E-state index >= 15 is 0 Å². The number of carbonyl (C=O) groups is 1. The topological polar surface area (TPSA) is 59.4 Å². The molecule has 0 aromatic carbocycles. The van der Waals surface area contributed by atoms with Crippen molar-refractivity contribution in [3.05, 3.63) is 21.0 Å². The molecule has 9 heteroatoms. The van der Waals surface area contributed by atoms with Gasteiger partial charge in [0.1, 0.15) is 3.70 Å². The van der Waals surface area contributed by atoms with Crippen molar-refractivity contribution in [1.82, 2.24) is 4.98 Å². The fraction of sp³-hybridized carbons (Fsp3) is 0.333. The second-order valence-electron chi connectivity index (χ2n) is 3.13. The summed E-state index contributed by atoms with van der Waals surface area (Å²) in [5, 5.41) is 8.91. The zero-order valence-electron chi connectivity index (χ0n) is 8.59. The van der Waals surface area contributed by atoms with Crippen LogP contribution in [0.2, 0.25) is 0 Å². The van der Waals surface area contributed by atoms with Gasteiger partial charge in [0.05, 0.1) is 6.42 Å². The molecule has 100 valence electrons.